The van der Waals surface area contributed by atoms with Crippen LogP contribution in [0.3, 0.4) is 0 Å². The minimum Gasteiger partial charge on any atom is -0.342 e. The lowest BCUT2D eigenvalue weighted by Crippen LogP contribution is -2.48. The molecular formula is C20H30N4O2. The summed E-state index contributed by atoms with van der Waals surface area (Å²) >= 11 is 0. The Hall–Kier alpha value is -1.85. The van der Waals surface area contributed by atoms with E-state index in [0.29, 0.717) is 5.91 Å². The molecule has 2 amide bonds. The van der Waals surface area contributed by atoms with Gasteiger partial charge >= 0.3 is 0 Å². The van der Waals surface area contributed by atoms with Gasteiger partial charge in [-0.15, -0.1) is 0 Å². The third-order valence-corrected chi connectivity index (χ3v) is 6.89. The summed E-state index contributed by atoms with van der Waals surface area (Å²) in [6, 6.07) is 1.90. The summed E-state index contributed by atoms with van der Waals surface area (Å²) in [6.07, 6.45) is 8.76. The van der Waals surface area contributed by atoms with Gasteiger partial charge in [0.25, 0.3) is 0 Å². The molecule has 4 rings (SSSR count). The number of carbonyl (C=O) groups excluding carboxylic acids is 2. The second-order valence-electron chi connectivity index (χ2n) is 8.62. The van der Waals surface area contributed by atoms with Gasteiger partial charge in [0.1, 0.15) is 0 Å². The number of nitrogens with zero attached hydrogens (tertiary/aromatic N) is 4. The van der Waals surface area contributed by atoms with Crippen LogP contribution in [-0.2, 0) is 16.6 Å². The predicted octanol–water partition coefficient (Wildman–Crippen LogP) is 2.59. The molecule has 2 saturated heterocycles. The van der Waals surface area contributed by atoms with Crippen molar-refractivity contribution < 1.29 is 9.59 Å². The molecule has 26 heavy (non-hydrogen) atoms. The van der Waals surface area contributed by atoms with Gasteiger partial charge < -0.3 is 4.90 Å². The minimum absolute atomic E-state index is 0.204. The first kappa shape index (κ1) is 17.6. The lowest BCUT2D eigenvalue weighted by Gasteiger charge is -2.40. The fourth-order valence-electron chi connectivity index (χ4n) is 4.97. The molecule has 6 nitrogen and oxygen atoms in total. The summed E-state index contributed by atoms with van der Waals surface area (Å²) in [5, 5.41) is 4.39. The van der Waals surface area contributed by atoms with E-state index in [2.05, 4.69) is 12.0 Å². The third kappa shape index (κ3) is 3.03. The summed E-state index contributed by atoms with van der Waals surface area (Å²) in [4.78, 5) is 29.8. The molecule has 0 N–H and O–H groups in total. The van der Waals surface area contributed by atoms with E-state index in [9.17, 15) is 9.59 Å². The van der Waals surface area contributed by atoms with E-state index in [1.165, 1.54) is 12.8 Å². The minimum atomic E-state index is -0.282. The van der Waals surface area contributed by atoms with Crippen molar-refractivity contribution in [3.63, 3.8) is 0 Å². The Morgan fingerprint density at radius 3 is 2.38 bits per heavy atom. The normalized spacial score (nSPS) is 28.8. The molecule has 3 heterocycles. The molecule has 1 spiro atoms. The molecule has 1 aromatic heterocycles. The quantitative estimate of drug-likeness (QED) is 0.816. The zero-order valence-electron chi connectivity index (χ0n) is 16.0. The number of amides is 2. The Kier molecular flexibility index (Phi) is 4.53. The summed E-state index contributed by atoms with van der Waals surface area (Å²) in [5.41, 5.74) is -0.282. The number of aromatic nitrogens is 2. The van der Waals surface area contributed by atoms with Gasteiger partial charge in [-0.2, -0.15) is 5.10 Å². The molecular weight excluding hydrogens is 328 g/mol. The number of hydrogen-bond acceptors (Lipinski definition) is 3. The van der Waals surface area contributed by atoms with Crippen molar-refractivity contribution >= 4 is 17.6 Å². The van der Waals surface area contributed by atoms with E-state index in [4.69, 9.17) is 0 Å². The molecule has 0 atom stereocenters. The first-order chi connectivity index (χ1) is 12.5. The van der Waals surface area contributed by atoms with Crippen LogP contribution >= 0.6 is 0 Å². The molecule has 3 aliphatic rings. The Balaban J connectivity index is 1.37. The van der Waals surface area contributed by atoms with E-state index < -0.39 is 0 Å². The first-order valence-electron chi connectivity index (χ1n) is 10.1. The monoisotopic (exact) mass is 358 g/mol. The van der Waals surface area contributed by atoms with E-state index >= 15 is 0 Å². The van der Waals surface area contributed by atoms with Crippen LogP contribution < -0.4 is 4.90 Å². The summed E-state index contributed by atoms with van der Waals surface area (Å²) in [7, 11) is 1.87. The highest BCUT2D eigenvalue weighted by Gasteiger charge is 2.49. The molecule has 1 saturated carbocycles. The van der Waals surface area contributed by atoms with Crippen molar-refractivity contribution in [2.24, 2.45) is 24.3 Å². The van der Waals surface area contributed by atoms with Crippen LogP contribution in [0.25, 0.3) is 0 Å². The Morgan fingerprint density at radius 1 is 1.12 bits per heavy atom. The number of carbonyl (C=O) groups is 2. The van der Waals surface area contributed by atoms with Crippen LogP contribution in [-0.4, -0.2) is 46.1 Å². The average molecular weight is 358 g/mol. The first-order valence-corrected chi connectivity index (χ1v) is 10.1. The van der Waals surface area contributed by atoms with Crippen LogP contribution in [0.1, 0.15) is 51.9 Å². The lowest BCUT2D eigenvalue weighted by atomic mass is 9.76. The summed E-state index contributed by atoms with van der Waals surface area (Å²) in [5.74, 6) is 2.26. The average Bonchev–Trinajstić information content (AvgIpc) is 3.20. The molecule has 3 fully saturated rings. The maximum absolute atomic E-state index is 13.1. The maximum atomic E-state index is 13.1. The SMILES string of the molecule is CC1CCC(C(=O)N2CCC3(CC2)CCN(c2ccn(C)n2)C3=O)CC1. The van der Waals surface area contributed by atoms with Gasteiger partial charge in [0.15, 0.2) is 5.82 Å². The Morgan fingerprint density at radius 2 is 1.77 bits per heavy atom. The molecule has 0 aromatic carbocycles. The van der Waals surface area contributed by atoms with E-state index in [1.54, 1.807) is 4.68 Å². The lowest BCUT2D eigenvalue weighted by molar-refractivity contribution is -0.142. The van der Waals surface area contributed by atoms with Crippen molar-refractivity contribution in [2.45, 2.75) is 51.9 Å². The van der Waals surface area contributed by atoms with Gasteiger partial charge in [0.2, 0.25) is 11.8 Å². The summed E-state index contributed by atoms with van der Waals surface area (Å²) in [6.45, 7) is 4.48. The van der Waals surface area contributed by atoms with Gasteiger partial charge in [0, 0.05) is 44.9 Å². The van der Waals surface area contributed by atoms with Crippen molar-refractivity contribution in [2.75, 3.05) is 24.5 Å². The zero-order valence-corrected chi connectivity index (χ0v) is 16.0. The predicted molar refractivity (Wildman–Crippen MR) is 99.5 cm³/mol. The second kappa shape index (κ2) is 6.71. The fraction of sp³-hybridized carbons (Fsp3) is 0.750. The third-order valence-electron chi connectivity index (χ3n) is 6.89. The fourth-order valence-corrected chi connectivity index (χ4v) is 4.97. The van der Waals surface area contributed by atoms with Crippen LogP contribution in [0.15, 0.2) is 12.3 Å². The van der Waals surface area contributed by atoms with Crippen molar-refractivity contribution in [1.29, 1.82) is 0 Å². The van der Waals surface area contributed by atoms with E-state index in [-0.39, 0.29) is 17.2 Å². The van der Waals surface area contributed by atoms with E-state index in [0.717, 1.165) is 63.5 Å². The number of anilines is 1. The number of likely N-dealkylation sites (tertiary alicyclic amines) is 1. The highest BCUT2D eigenvalue weighted by Crippen LogP contribution is 2.43. The van der Waals surface area contributed by atoms with Crippen molar-refractivity contribution in [1.82, 2.24) is 14.7 Å². The number of rotatable bonds is 2. The second-order valence-corrected chi connectivity index (χ2v) is 8.62. The van der Waals surface area contributed by atoms with Crippen LogP contribution in [0.4, 0.5) is 5.82 Å². The van der Waals surface area contributed by atoms with Crippen molar-refractivity contribution in [3.8, 4) is 0 Å². The Labute approximate surface area is 155 Å². The molecule has 0 unspecified atom stereocenters. The molecule has 6 heteroatoms. The standard InChI is InChI=1S/C20H30N4O2/c1-15-3-5-16(6-4-15)18(25)23-12-8-20(9-13-23)10-14-24(19(20)26)17-7-11-22(2)21-17/h7,11,15-16H,3-6,8-10,12-14H2,1-2H3. The molecule has 2 aliphatic heterocycles. The van der Waals surface area contributed by atoms with E-state index in [1.807, 2.05) is 29.1 Å². The van der Waals surface area contributed by atoms with Gasteiger partial charge in [-0.05, 0) is 50.9 Å². The zero-order chi connectivity index (χ0) is 18.3. The molecule has 0 radical (unpaired) electrons. The largest absolute Gasteiger partial charge is 0.342 e. The summed E-state index contributed by atoms with van der Waals surface area (Å²) < 4.78 is 1.74. The Bertz CT molecular complexity index is 682. The number of hydrogen-bond donors (Lipinski definition) is 0. The van der Waals surface area contributed by atoms with Gasteiger partial charge in [-0.25, -0.2) is 0 Å². The highest BCUT2D eigenvalue weighted by atomic mass is 16.2. The van der Waals surface area contributed by atoms with Gasteiger partial charge in [-0.1, -0.05) is 6.92 Å². The van der Waals surface area contributed by atoms with Crippen LogP contribution in [0, 0.1) is 17.3 Å². The molecule has 1 aliphatic carbocycles. The number of aryl methyl sites for hydroxylation is 1. The highest BCUT2D eigenvalue weighted by molar-refractivity contribution is 5.99. The topological polar surface area (TPSA) is 58.4 Å². The van der Waals surface area contributed by atoms with Gasteiger partial charge in [0.05, 0.1) is 5.41 Å². The maximum Gasteiger partial charge on any atom is 0.234 e. The molecule has 1 aromatic rings. The number of piperidine rings is 1. The smallest absolute Gasteiger partial charge is 0.234 e. The van der Waals surface area contributed by atoms with Gasteiger partial charge in [-0.3, -0.25) is 19.2 Å². The van der Waals surface area contributed by atoms with Crippen LogP contribution in [0.5, 0.6) is 0 Å². The van der Waals surface area contributed by atoms with Crippen LogP contribution in [0.2, 0.25) is 0 Å². The molecule has 0 bridgehead atoms. The molecule has 142 valence electrons. The van der Waals surface area contributed by atoms with Crippen molar-refractivity contribution in [3.05, 3.63) is 12.3 Å².